The van der Waals surface area contributed by atoms with Crippen molar-refractivity contribution in [1.82, 2.24) is 0 Å². The Bertz CT molecular complexity index is 504. The number of para-hydroxylation sites is 1. The van der Waals surface area contributed by atoms with Gasteiger partial charge in [-0.2, -0.15) is 0 Å². The molecule has 100 valence electrons. The van der Waals surface area contributed by atoms with Gasteiger partial charge in [-0.1, -0.05) is 36.4 Å². The number of anilines is 1. The summed E-state index contributed by atoms with van der Waals surface area (Å²) in [6.07, 6.45) is 0. The topological polar surface area (TPSA) is 29.3 Å². The molecule has 0 radical (unpaired) electrons. The minimum Gasteiger partial charge on any atom is -0.372 e. The van der Waals surface area contributed by atoms with E-state index in [1.807, 2.05) is 31.3 Å². The molecule has 2 aromatic rings. The van der Waals surface area contributed by atoms with E-state index < -0.39 is 0 Å². The van der Waals surface area contributed by atoms with Gasteiger partial charge in [0.05, 0.1) is 6.04 Å². The van der Waals surface area contributed by atoms with Crippen LogP contribution in [0.3, 0.4) is 0 Å². The zero-order valence-corrected chi connectivity index (χ0v) is 11.3. The van der Waals surface area contributed by atoms with Crippen molar-refractivity contribution >= 4 is 5.69 Å². The molecule has 0 saturated carbocycles. The standard InChI is InChI=1S/C16H19FN2/c1-12-7-3-6-10-16(12)19(2)11-15(18)13-8-4-5-9-14(13)17/h3-10,15H,11,18H2,1-2H3. The van der Waals surface area contributed by atoms with E-state index in [-0.39, 0.29) is 11.9 Å². The first-order valence-electron chi connectivity index (χ1n) is 6.36. The third kappa shape index (κ3) is 3.12. The molecular formula is C16H19FN2. The summed E-state index contributed by atoms with van der Waals surface area (Å²) < 4.78 is 13.7. The molecule has 0 fully saturated rings. The number of nitrogens with zero attached hydrogens (tertiary/aromatic N) is 1. The molecular weight excluding hydrogens is 239 g/mol. The molecule has 0 saturated heterocycles. The molecule has 0 amide bonds. The van der Waals surface area contributed by atoms with Crippen molar-refractivity contribution in [2.24, 2.45) is 5.73 Å². The second kappa shape index (κ2) is 5.85. The predicted molar refractivity (Wildman–Crippen MR) is 77.8 cm³/mol. The lowest BCUT2D eigenvalue weighted by molar-refractivity contribution is 0.580. The van der Waals surface area contributed by atoms with Crippen LogP contribution in [0, 0.1) is 12.7 Å². The molecule has 1 atom stereocenters. The van der Waals surface area contributed by atoms with Gasteiger partial charge in [-0.25, -0.2) is 4.39 Å². The van der Waals surface area contributed by atoms with Gasteiger partial charge in [0, 0.05) is 24.8 Å². The summed E-state index contributed by atoms with van der Waals surface area (Å²) in [6.45, 7) is 2.63. The Balaban J connectivity index is 2.13. The van der Waals surface area contributed by atoms with Crippen LogP contribution in [0.25, 0.3) is 0 Å². The van der Waals surface area contributed by atoms with E-state index in [2.05, 4.69) is 17.9 Å². The Kier molecular flexibility index (Phi) is 4.17. The van der Waals surface area contributed by atoms with E-state index in [0.717, 1.165) is 5.69 Å². The van der Waals surface area contributed by atoms with Crippen LogP contribution in [-0.2, 0) is 0 Å². The average molecular weight is 258 g/mol. The van der Waals surface area contributed by atoms with Gasteiger partial charge < -0.3 is 10.6 Å². The maximum absolute atomic E-state index is 13.7. The summed E-state index contributed by atoms with van der Waals surface area (Å²) in [5.74, 6) is -0.242. The van der Waals surface area contributed by atoms with Gasteiger partial charge in [0.1, 0.15) is 5.82 Å². The predicted octanol–water partition coefficient (Wildman–Crippen LogP) is 3.27. The quantitative estimate of drug-likeness (QED) is 0.912. The van der Waals surface area contributed by atoms with Crippen molar-refractivity contribution in [2.75, 3.05) is 18.5 Å². The Hall–Kier alpha value is -1.87. The molecule has 0 aromatic heterocycles. The highest BCUT2D eigenvalue weighted by Gasteiger charge is 2.14. The van der Waals surface area contributed by atoms with E-state index in [0.29, 0.717) is 12.1 Å². The Morgan fingerprint density at radius 1 is 1.11 bits per heavy atom. The summed E-state index contributed by atoms with van der Waals surface area (Å²) >= 11 is 0. The second-order valence-electron chi connectivity index (χ2n) is 4.80. The monoisotopic (exact) mass is 258 g/mol. The summed E-state index contributed by atoms with van der Waals surface area (Å²) in [4.78, 5) is 2.06. The number of likely N-dealkylation sites (N-methyl/N-ethyl adjacent to an activating group) is 1. The molecule has 0 aliphatic carbocycles. The first-order valence-corrected chi connectivity index (χ1v) is 6.36. The lowest BCUT2D eigenvalue weighted by atomic mass is 10.1. The first-order chi connectivity index (χ1) is 9.09. The van der Waals surface area contributed by atoms with Gasteiger partial charge in [-0.05, 0) is 24.6 Å². The van der Waals surface area contributed by atoms with Crippen molar-refractivity contribution in [3.05, 3.63) is 65.5 Å². The smallest absolute Gasteiger partial charge is 0.128 e. The molecule has 2 aromatic carbocycles. The molecule has 19 heavy (non-hydrogen) atoms. The number of hydrogen-bond acceptors (Lipinski definition) is 2. The minimum absolute atomic E-state index is 0.242. The van der Waals surface area contributed by atoms with Gasteiger partial charge in [0.25, 0.3) is 0 Å². The fourth-order valence-electron chi connectivity index (χ4n) is 2.26. The molecule has 0 aliphatic heterocycles. The van der Waals surface area contributed by atoms with Gasteiger partial charge in [0.2, 0.25) is 0 Å². The third-order valence-electron chi connectivity index (χ3n) is 3.30. The van der Waals surface area contributed by atoms with Crippen LogP contribution in [0.15, 0.2) is 48.5 Å². The van der Waals surface area contributed by atoms with E-state index >= 15 is 0 Å². The fraction of sp³-hybridized carbons (Fsp3) is 0.250. The second-order valence-corrected chi connectivity index (χ2v) is 4.80. The highest BCUT2D eigenvalue weighted by molar-refractivity contribution is 5.52. The molecule has 0 bridgehead atoms. The number of halogens is 1. The van der Waals surface area contributed by atoms with Crippen molar-refractivity contribution in [2.45, 2.75) is 13.0 Å². The number of rotatable bonds is 4. The van der Waals surface area contributed by atoms with Crippen LogP contribution >= 0.6 is 0 Å². The molecule has 0 spiro atoms. The highest BCUT2D eigenvalue weighted by Crippen LogP contribution is 2.21. The van der Waals surface area contributed by atoms with E-state index in [1.165, 1.54) is 11.6 Å². The number of nitrogens with two attached hydrogens (primary N) is 1. The summed E-state index contributed by atoms with van der Waals surface area (Å²) in [5, 5.41) is 0. The molecule has 0 heterocycles. The zero-order valence-electron chi connectivity index (χ0n) is 11.3. The SMILES string of the molecule is Cc1ccccc1N(C)CC(N)c1ccccc1F. The number of hydrogen-bond donors (Lipinski definition) is 1. The summed E-state index contributed by atoms with van der Waals surface area (Å²) in [6, 6.07) is 14.4. The Morgan fingerprint density at radius 2 is 1.74 bits per heavy atom. The number of benzene rings is 2. The molecule has 2 N–H and O–H groups in total. The van der Waals surface area contributed by atoms with E-state index in [4.69, 9.17) is 5.73 Å². The lowest BCUT2D eigenvalue weighted by Gasteiger charge is -2.25. The van der Waals surface area contributed by atoms with Gasteiger partial charge >= 0.3 is 0 Å². The van der Waals surface area contributed by atoms with Gasteiger partial charge in [-0.15, -0.1) is 0 Å². The van der Waals surface area contributed by atoms with Crippen molar-refractivity contribution in [3.63, 3.8) is 0 Å². The highest BCUT2D eigenvalue weighted by atomic mass is 19.1. The van der Waals surface area contributed by atoms with Crippen LogP contribution < -0.4 is 10.6 Å². The zero-order chi connectivity index (χ0) is 13.8. The largest absolute Gasteiger partial charge is 0.372 e. The number of aryl methyl sites for hydroxylation is 1. The molecule has 2 nitrogen and oxygen atoms in total. The fourth-order valence-corrected chi connectivity index (χ4v) is 2.26. The van der Waals surface area contributed by atoms with Crippen molar-refractivity contribution < 1.29 is 4.39 Å². The van der Waals surface area contributed by atoms with Gasteiger partial charge in [0.15, 0.2) is 0 Å². The average Bonchev–Trinajstić information content (AvgIpc) is 2.39. The Morgan fingerprint density at radius 3 is 2.42 bits per heavy atom. The summed E-state index contributed by atoms with van der Waals surface area (Å²) in [5.41, 5.74) is 8.97. The lowest BCUT2D eigenvalue weighted by Crippen LogP contribution is -2.29. The molecule has 1 unspecified atom stereocenters. The molecule has 0 aliphatic rings. The van der Waals surface area contributed by atoms with Crippen LogP contribution in [0.2, 0.25) is 0 Å². The first kappa shape index (κ1) is 13.6. The molecule has 3 heteroatoms. The third-order valence-corrected chi connectivity index (χ3v) is 3.30. The minimum atomic E-state index is -0.342. The van der Waals surface area contributed by atoms with Crippen LogP contribution in [0.5, 0.6) is 0 Å². The normalized spacial score (nSPS) is 12.2. The van der Waals surface area contributed by atoms with E-state index in [1.54, 1.807) is 12.1 Å². The van der Waals surface area contributed by atoms with Crippen LogP contribution in [-0.4, -0.2) is 13.6 Å². The van der Waals surface area contributed by atoms with Crippen LogP contribution in [0.1, 0.15) is 17.2 Å². The summed E-state index contributed by atoms with van der Waals surface area (Å²) in [7, 11) is 1.98. The van der Waals surface area contributed by atoms with Crippen LogP contribution in [0.4, 0.5) is 10.1 Å². The maximum atomic E-state index is 13.7. The van der Waals surface area contributed by atoms with E-state index in [9.17, 15) is 4.39 Å². The maximum Gasteiger partial charge on any atom is 0.128 e. The van der Waals surface area contributed by atoms with Gasteiger partial charge in [-0.3, -0.25) is 0 Å². The Labute approximate surface area is 113 Å². The van der Waals surface area contributed by atoms with Crippen molar-refractivity contribution in [3.8, 4) is 0 Å². The molecule has 2 rings (SSSR count). The van der Waals surface area contributed by atoms with Crippen molar-refractivity contribution in [1.29, 1.82) is 0 Å².